The lowest BCUT2D eigenvalue weighted by Crippen LogP contribution is -2.57. The zero-order chi connectivity index (χ0) is 21.0. The number of likely N-dealkylation sites (N-methyl/N-ethyl adjacent to an activating group) is 1. The summed E-state index contributed by atoms with van der Waals surface area (Å²) in [5.41, 5.74) is 7.27. The maximum absolute atomic E-state index is 13.2. The number of benzene rings is 1. The molecule has 1 aliphatic heterocycles. The minimum Gasteiger partial charge on any atom is -0.381 e. The van der Waals surface area contributed by atoms with E-state index in [9.17, 15) is 9.59 Å². The van der Waals surface area contributed by atoms with Gasteiger partial charge in [-0.1, -0.05) is 31.9 Å². The lowest BCUT2D eigenvalue weighted by atomic mass is 10.0. The monoisotopic (exact) mass is 392 g/mol. The first-order valence-electron chi connectivity index (χ1n) is 9.65. The predicted molar refractivity (Wildman–Crippen MR) is 109 cm³/mol. The largest absolute Gasteiger partial charge is 0.381 e. The van der Waals surface area contributed by atoms with Gasteiger partial charge in [-0.2, -0.15) is 5.26 Å². The van der Waals surface area contributed by atoms with E-state index < -0.39 is 6.04 Å². The molecule has 8 heteroatoms. The van der Waals surface area contributed by atoms with E-state index in [1.807, 2.05) is 6.07 Å². The average Bonchev–Trinajstić information content (AvgIpc) is 2.74. The highest BCUT2D eigenvalue weighted by molar-refractivity contribution is 5.99. The van der Waals surface area contributed by atoms with E-state index in [2.05, 4.69) is 16.9 Å². The number of carbonyl (C=O) groups excluding carboxylic acids is 2. The fraction of sp³-hybridized carbons (Fsp3) is 0.381. The lowest BCUT2D eigenvalue weighted by molar-refractivity contribution is -0.138. The Morgan fingerprint density at radius 1 is 1.38 bits per heavy atom. The number of aromatic nitrogens is 2. The van der Waals surface area contributed by atoms with E-state index in [0.29, 0.717) is 36.3 Å². The van der Waals surface area contributed by atoms with E-state index in [0.717, 1.165) is 12.8 Å². The number of anilines is 1. The number of nitrogen functional groups attached to an aromatic ring is 1. The quantitative estimate of drug-likeness (QED) is 0.833. The van der Waals surface area contributed by atoms with Gasteiger partial charge in [0.2, 0.25) is 5.91 Å². The minimum atomic E-state index is -0.439. The minimum absolute atomic E-state index is 0.0164. The van der Waals surface area contributed by atoms with Crippen LogP contribution in [0.5, 0.6) is 0 Å². The Morgan fingerprint density at radius 3 is 2.90 bits per heavy atom. The molecular weight excluding hydrogens is 368 g/mol. The Labute approximate surface area is 170 Å². The second-order valence-corrected chi connectivity index (χ2v) is 7.10. The molecule has 1 aromatic heterocycles. The number of rotatable bonds is 5. The van der Waals surface area contributed by atoms with Crippen molar-refractivity contribution in [2.75, 3.05) is 25.9 Å². The highest BCUT2D eigenvalue weighted by Gasteiger charge is 2.35. The van der Waals surface area contributed by atoms with Crippen LogP contribution < -0.4 is 5.73 Å². The molecule has 2 N–H and O–H groups in total. The maximum Gasteiger partial charge on any atom is 0.254 e. The standard InChI is InChI=1S/C21H24N6O2/c1-3-4-8-18-21(29)26(2)9-10-27(18)20(28)15-7-5-6-14(11-15)17-13-24-19(23)16(12-22)25-17/h5-7,11,13,18H,3-4,8-10H2,1-2H3,(H2,23,24). The smallest absolute Gasteiger partial charge is 0.254 e. The zero-order valence-electron chi connectivity index (χ0n) is 16.6. The van der Waals surface area contributed by atoms with E-state index in [-0.39, 0.29) is 23.3 Å². The fourth-order valence-corrected chi connectivity index (χ4v) is 3.43. The molecule has 1 aromatic carbocycles. The fourth-order valence-electron chi connectivity index (χ4n) is 3.43. The number of unbranched alkanes of at least 4 members (excludes halogenated alkanes) is 1. The summed E-state index contributed by atoms with van der Waals surface area (Å²) >= 11 is 0. The van der Waals surface area contributed by atoms with Crippen LogP contribution in [0.1, 0.15) is 42.2 Å². The highest BCUT2D eigenvalue weighted by atomic mass is 16.2. The normalized spacial score (nSPS) is 16.6. The summed E-state index contributed by atoms with van der Waals surface area (Å²) in [4.78, 5) is 37.5. The predicted octanol–water partition coefficient (Wildman–Crippen LogP) is 2.07. The molecule has 1 atom stereocenters. The van der Waals surface area contributed by atoms with E-state index in [4.69, 9.17) is 11.0 Å². The number of amides is 2. The molecule has 0 radical (unpaired) electrons. The van der Waals surface area contributed by atoms with E-state index in [1.165, 1.54) is 6.20 Å². The van der Waals surface area contributed by atoms with Crippen molar-refractivity contribution in [3.63, 3.8) is 0 Å². The Bertz CT molecular complexity index is 968. The van der Waals surface area contributed by atoms with Crippen molar-refractivity contribution in [3.05, 3.63) is 41.7 Å². The number of carbonyl (C=O) groups is 2. The van der Waals surface area contributed by atoms with Crippen molar-refractivity contribution in [2.45, 2.75) is 32.2 Å². The first-order chi connectivity index (χ1) is 14.0. The van der Waals surface area contributed by atoms with Gasteiger partial charge >= 0.3 is 0 Å². The van der Waals surface area contributed by atoms with Gasteiger partial charge in [0.25, 0.3) is 5.91 Å². The van der Waals surface area contributed by atoms with Gasteiger partial charge in [0.05, 0.1) is 11.9 Å². The molecule has 1 fully saturated rings. The molecule has 0 bridgehead atoms. The van der Waals surface area contributed by atoms with Crippen LogP contribution in [0.4, 0.5) is 5.82 Å². The number of hydrogen-bond acceptors (Lipinski definition) is 6. The first-order valence-corrected chi connectivity index (χ1v) is 9.65. The Kier molecular flexibility index (Phi) is 6.07. The molecule has 0 aliphatic carbocycles. The van der Waals surface area contributed by atoms with Gasteiger partial charge in [-0.25, -0.2) is 9.97 Å². The second-order valence-electron chi connectivity index (χ2n) is 7.10. The molecule has 0 saturated carbocycles. The summed E-state index contributed by atoms with van der Waals surface area (Å²) in [5.74, 6) is -0.131. The number of nitrogens with two attached hydrogens (primary N) is 1. The van der Waals surface area contributed by atoms with Gasteiger partial charge in [-0.05, 0) is 18.6 Å². The zero-order valence-corrected chi connectivity index (χ0v) is 16.6. The van der Waals surface area contributed by atoms with Crippen LogP contribution >= 0.6 is 0 Å². The van der Waals surface area contributed by atoms with Crippen LogP contribution in [0.15, 0.2) is 30.5 Å². The van der Waals surface area contributed by atoms with E-state index >= 15 is 0 Å². The molecule has 3 rings (SSSR count). The van der Waals surface area contributed by atoms with Crippen LogP contribution in [0, 0.1) is 11.3 Å². The van der Waals surface area contributed by atoms with Crippen LogP contribution in [0.2, 0.25) is 0 Å². The molecule has 2 amide bonds. The Balaban J connectivity index is 1.90. The molecule has 1 unspecified atom stereocenters. The third-order valence-electron chi connectivity index (χ3n) is 5.12. The molecule has 2 aromatic rings. The van der Waals surface area contributed by atoms with Gasteiger partial charge in [0.15, 0.2) is 11.5 Å². The summed E-state index contributed by atoms with van der Waals surface area (Å²) in [7, 11) is 1.77. The average molecular weight is 392 g/mol. The summed E-state index contributed by atoms with van der Waals surface area (Å²) in [6.07, 6.45) is 3.97. The second kappa shape index (κ2) is 8.69. The van der Waals surface area contributed by atoms with E-state index in [1.54, 1.807) is 41.1 Å². The molecule has 1 aliphatic rings. The third kappa shape index (κ3) is 4.19. The molecule has 150 valence electrons. The number of hydrogen-bond donors (Lipinski definition) is 1. The van der Waals surface area contributed by atoms with Crippen LogP contribution in [-0.4, -0.2) is 57.8 Å². The SMILES string of the molecule is CCCCC1C(=O)N(C)CCN1C(=O)c1cccc(-c2cnc(N)c(C#N)n2)c1. The molecule has 29 heavy (non-hydrogen) atoms. The molecule has 0 spiro atoms. The Morgan fingerprint density at radius 2 is 2.17 bits per heavy atom. The topological polar surface area (TPSA) is 116 Å². The summed E-state index contributed by atoms with van der Waals surface area (Å²) in [6, 6.07) is 8.46. The van der Waals surface area contributed by atoms with Crippen molar-refractivity contribution in [3.8, 4) is 17.3 Å². The number of nitrogens with zero attached hydrogens (tertiary/aromatic N) is 5. The van der Waals surface area contributed by atoms with Crippen molar-refractivity contribution in [1.82, 2.24) is 19.8 Å². The first kappa shape index (κ1) is 20.3. The number of nitriles is 1. The van der Waals surface area contributed by atoms with Gasteiger partial charge in [-0.15, -0.1) is 0 Å². The van der Waals surface area contributed by atoms with Gasteiger partial charge in [0.1, 0.15) is 12.1 Å². The lowest BCUT2D eigenvalue weighted by Gasteiger charge is -2.39. The van der Waals surface area contributed by atoms with Crippen LogP contribution in [0.25, 0.3) is 11.3 Å². The highest BCUT2D eigenvalue weighted by Crippen LogP contribution is 2.23. The molecule has 8 nitrogen and oxygen atoms in total. The molecular formula is C21H24N6O2. The van der Waals surface area contributed by atoms with Crippen molar-refractivity contribution >= 4 is 17.6 Å². The third-order valence-corrected chi connectivity index (χ3v) is 5.12. The van der Waals surface area contributed by atoms with Crippen LogP contribution in [-0.2, 0) is 4.79 Å². The van der Waals surface area contributed by atoms with Gasteiger partial charge in [0, 0.05) is 31.3 Å². The van der Waals surface area contributed by atoms with Crippen molar-refractivity contribution in [1.29, 1.82) is 5.26 Å². The van der Waals surface area contributed by atoms with Gasteiger partial charge in [-0.3, -0.25) is 9.59 Å². The van der Waals surface area contributed by atoms with Gasteiger partial charge < -0.3 is 15.5 Å². The summed E-state index contributed by atoms with van der Waals surface area (Å²) in [6.45, 7) is 3.08. The molecule has 1 saturated heterocycles. The van der Waals surface area contributed by atoms with Crippen LogP contribution in [0.3, 0.4) is 0 Å². The van der Waals surface area contributed by atoms with Crippen molar-refractivity contribution < 1.29 is 9.59 Å². The van der Waals surface area contributed by atoms with Crippen molar-refractivity contribution in [2.24, 2.45) is 0 Å². The summed E-state index contributed by atoms with van der Waals surface area (Å²) < 4.78 is 0. The number of piperazine rings is 1. The Hall–Kier alpha value is -3.47. The summed E-state index contributed by atoms with van der Waals surface area (Å²) in [5, 5.41) is 9.12. The maximum atomic E-state index is 13.2. The molecule has 2 heterocycles.